The number of rotatable bonds is 5. The van der Waals surface area contributed by atoms with Gasteiger partial charge in [-0.2, -0.15) is 0 Å². The number of aryl methyl sites for hydroxylation is 1. The molecule has 2 saturated heterocycles. The van der Waals surface area contributed by atoms with Gasteiger partial charge in [0.05, 0.1) is 19.8 Å². The van der Waals surface area contributed by atoms with Crippen molar-refractivity contribution in [2.75, 3.05) is 39.5 Å². The van der Waals surface area contributed by atoms with E-state index in [1.807, 2.05) is 6.92 Å². The monoisotopic (exact) mass is 307 g/mol. The minimum Gasteiger partial charge on any atom is -0.465 e. The zero-order chi connectivity index (χ0) is 15.4. The Balaban J connectivity index is 1.56. The molecule has 0 unspecified atom stereocenters. The molecule has 0 radical (unpaired) electrons. The highest BCUT2D eigenvalue weighted by atomic mass is 16.5. The summed E-state index contributed by atoms with van der Waals surface area (Å²) in [5.74, 6) is 2.66. The van der Waals surface area contributed by atoms with Crippen LogP contribution in [-0.2, 0) is 16.0 Å². The first-order valence-corrected chi connectivity index (χ1v) is 8.65. The molecule has 0 N–H and O–H groups in total. The fourth-order valence-electron chi connectivity index (χ4n) is 3.97. The second-order valence-electron chi connectivity index (χ2n) is 6.83. The van der Waals surface area contributed by atoms with Crippen LogP contribution in [0.1, 0.15) is 37.7 Å². The maximum absolute atomic E-state index is 5.72. The average molecular weight is 307 g/mol. The molecule has 4 nitrogen and oxygen atoms in total. The van der Waals surface area contributed by atoms with E-state index in [9.17, 15) is 0 Å². The number of ether oxygens (including phenoxy) is 2. The Morgan fingerprint density at radius 3 is 2.77 bits per heavy atom. The molecule has 124 valence electrons. The van der Waals surface area contributed by atoms with Gasteiger partial charge in [0, 0.05) is 19.1 Å². The van der Waals surface area contributed by atoms with Crippen LogP contribution in [-0.4, -0.2) is 44.4 Å². The summed E-state index contributed by atoms with van der Waals surface area (Å²) in [4.78, 5) is 2.52. The van der Waals surface area contributed by atoms with Crippen molar-refractivity contribution in [1.82, 2.24) is 4.90 Å². The number of piperidine rings is 1. The second kappa shape index (κ2) is 7.16. The van der Waals surface area contributed by atoms with E-state index in [1.54, 1.807) is 0 Å². The maximum Gasteiger partial charge on any atom is 0.118 e. The number of likely N-dealkylation sites (tertiary alicyclic amines) is 1. The van der Waals surface area contributed by atoms with Crippen molar-refractivity contribution in [3.63, 3.8) is 0 Å². The van der Waals surface area contributed by atoms with Crippen LogP contribution in [0.3, 0.4) is 0 Å². The molecular weight excluding hydrogens is 278 g/mol. The maximum atomic E-state index is 5.72. The fraction of sp³-hybridized carbons (Fsp3) is 0.778. The fourth-order valence-corrected chi connectivity index (χ4v) is 3.97. The minimum atomic E-state index is 0.434. The predicted octanol–water partition coefficient (Wildman–Crippen LogP) is 3.24. The normalized spacial score (nSPS) is 25.6. The molecule has 3 rings (SSSR count). The van der Waals surface area contributed by atoms with E-state index in [0.29, 0.717) is 11.3 Å². The lowest BCUT2D eigenvalue weighted by atomic mass is 9.66. The van der Waals surface area contributed by atoms with Gasteiger partial charge in [0.2, 0.25) is 0 Å². The summed E-state index contributed by atoms with van der Waals surface area (Å²) >= 11 is 0. The molecule has 0 bridgehead atoms. The van der Waals surface area contributed by atoms with Gasteiger partial charge in [-0.1, -0.05) is 0 Å². The van der Waals surface area contributed by atoms with Crippen molar-refractivity contribution < 1.29 is 13.9 Å². The van der Waals surface area contributed by atoms with Gasteiger partial charge in [0.15, 0.2) is 0 Å². The Morgan fingerprint density at radius 2 is 2.09 bits per heavy atom. The second-order valence-corrected chi connectivity index (χ2v) is 6.83. The van der Waals surface area contributed by atoms with Crippen molar-refractivity contribution in [3.05, 3.63) is 23.7 Å². The lowest BCUT2D eigenvalue weighted by Crippen LogP contribution is -2.49. The summed E-state index contributed by atoms with van der Waals surface area (Å²) in [6.07, 6.45) is 3.71. The van der Waals surface area contributed by atoms with E-state index in [0.717, 1.165) is 57.6 Å². The standard InChI is InChI=1S/C18H29NO3/c1-3-20-13-16-14-21-11-8-18(16)6-9-19(10-7-18)12-17-5-4-15(2)22-17/h4-5,16H,3,6-14H2,1-2H3/t16-/m1/s1. The van der Waals surface area contributed by atoms with Gasteiger partial charge in [0.25, 0.3) is 0 Å². The van der Waals surface area contributed by atoms with Crippen molar-refractivity contribution in [3.8, 4) is 0 Å². The molecule has 0 saturated carbocycles. The number of hydrogen-bond acceptors (Lipinski definition) is 4. The molecule has 2 fully saturated rings. The van der Waals surface area contributed by atoms with E-state index in [1.165, 1.54) is 19.3 Å². The lowest BCUT2D eigenvalue weighted by molar-refractivity contribution is -0.0996. The highest BCUT2D eigenvalue weighted by molar-refractivity contribution is 5.06. The van der Waals surface area contributed by atoms with Crippen molar-refractivity contribution in [2.45, 2.75) is 39.7 Å². The topological polar surface area (TPSA) is 34.8 Å². The molecule has 1 aromatic heterocycles. The van der Waals surface area contributed by atoms with E-state index in [2.05, 4.69) is 24.0 Å². The first-order chi connectivity index (χ1) is 10.7. The lowest BCUT2D eigenvalue weighted by Gasteiger charge is -2.48. The van der Waals surface area contributed by atoms with Gasteiger partial charge >= 0.3 is 0 Å². The molecule has 2 aliphatic heterocycles. The summed E-state index contributed by atoms with van der Waals surface area (Å²) in [7, 11) is 0. The quantitative estimate of drug-likeness (QED) is 0.836. The van der Waals surface area contributed by atoms with Crippen LogP contribution in [0.2, 0.25) is 0 Å². The Hall–Kier alpha value is -0.840. The largest absolute Gasteiger partial charge is 0.465 e. The van der Waals surface area contributed by atoms with Crippen LogP contribution < -0.4 is 0 Å². The SMILES string of the molecule is CCOC[C@@H]1COCCC12CCN(Cc1ccc(C)o1)CC2. The molecule has 4 heteroatoms. The van der Waals surface area contributed by atoms with Crippen LogP contribution in [0.25, 0.3) is 0 Å². The Bertz CT molecular complexity index is 463. The predicted molar refractivity (Wildman–Crippen MR) is 85.8 cm³/mol. The molecule has 2 aliphatic rings. The first kappa shape index (κ1) is 16.0. The van der Waals surface area contributed by atoms with Crippen LogP contribution in [0.5, 0.6) is 0 Å². The molecule has 1 aromatic rings. The van der Waals surface area contributed by atoms with Gasteiger partial charge in [0.1, 0.15) is 11.5 Å². The molecule has 22 heavy (non-hydrogen) atoms. The molecule has 0 aliphatic carbocycles. The van der Waals surface area contributed by atoms with Gasteiger partial charge < -0.3 is 13.9 Å². The van der Waals surface area contributed by atoms with E-state index in [4.69, 9.17) is 13.9 Å². The van der Waals surface area contributed by atoms with Crippen molar-refractivity contribution >= 4 is 0 Å². The Morgan fingerprint density at radius 1 is 1.27 bits per heavy atom. The Labute approximate surface area is 133 Å². The molecule has 0 aromatic carbocycles. The van der Waals surface area contributed by atoms with E-state index in [-0.39, 0.29) is 0 Å². The van der Waals surface area contributed by atoms with Gasteiger partial charge in [-0.3, -0.25) is 4.90 Å². The first-order valence-electron chi connectivity index (χ1n) is 8.65. The van der Waals surface area contributed by atoms with E-state index < -0.39 is 0 Å². The Kier molecular flexibility index (Phi) is 5.21. The summed E-state index contributed by atoms with van der Waals surface area (Å²) in [6.45, 7) is 10.8. The number of hydrogen-bond donors (Lipinski definition) is 0. The summed E-state index contributed by atoms with van der Waals surface area (Å²) in [5.41, 5.74) is 0.434. The average Bonchev–Trinajstić information content (AvgIpc) is 2.94. The molecule has 0 amide bonds. The zero-order valence-corrected chi connectivity index (χ0v) is 14.0. The number of furan rings is 1. The third kappa shape index (κ3) is 3.55. The molecular formula is C18H29NO3. The summed E-state index contributed by atoms with van der Waals surface area (Å²) < 4.78 is 17.2. The highest BCUT2D eigenvalue weighted by Gasteiger charge is 2.43. The third-order valence-electron chi connectivity index (χ3n) is 5.48. The molecule has 1 atom stereocenters. The zero-order valence-electron chi connectivity index (χ0n) is 14.0. The van der Waals surface area contributed by atoms with Gasteiger partial charge in [-0.25, -0.2) is 0 Å². The van der Waals surface area contributed by atoms with Crippen LogP contribution in [0.4, 0.5) is 0 Å². The summed E-state index contributed by atoms with van der Waals surface area (Å²) in [6, 6.07) is 4.16. The van der Waals surface area contributed by atoms with Gasteiger partial charge in [-0.15, -0.1) is 0 Å². The minimum absolute atomic E-state index is 0.434. The van der Waals surface area contributed by atoms with Crippen LogP contribution in [0.15, 0.2) is 16.5 Å². The third-order valence-corrected chi connectivity index (χ3v) is 5.48. The van der Waals surface area contributed by atoms with E-state index >= 15 is 0 Å². The highest BCUT2D eigenvalue weighted by Crippen LogP contribution is 2.45. The van der Waals surface area contributed by atoms with Crippen molar-refractivity contribution in [2.24, 2.45) is 11.3 Å². The molecule has 1 spiro atoms. The summed E-state index contributed by atoms with van der Waals surface area (Å²) in [5, 5.41) is 0. The van der Waals surface area contributed by atoms with Crippen molar-refractivity contribution in [1.29, 1.82) is 0 Å². The van der Waals surface area contributed by atoms with Crippen LogP contribution in [0, 0.1) is 18.3 Å². The van der Waals surface area contributed by atoms with Crippen LogP contribution >= 0.6 is 0 Å². The molecule has 3 heterocycles. The smallest absolute Gasteiger partial charge is 0.118 e. The number of nitrogens with zero attached hydrogens (tertiary/aromatic N) is 1. The van der Waals surface area contributed by atoms with Gasteiger partial charge in [-0.05, 0) is 63.7 Å².